The Morgan fingerprint density at radius 1 is 1.38 bits per heavy atom. The summed E-state index contributed by atoms with van der Waals surface area (Å²) < 4.78 is 4.40. The summed E-state index contributed by atoms with van der Waals surface area (Å²) in [5, 5.41) is 0. The number of methoxy groups -OCH3 is 1. The molecule has 0 bridgehead atoms. The smallest absolute Gasteiger partial charge is 0.396 e. The Morgan fingerprint density at radius 2 is 1.94 bits per heavy atom. The van der Waals surface area contributed by atoms with Crippen molar-refractivity contribution in [1.82, 2.24) is 9.80 Å². The van der Waals surface area contributed by atoms with E-state index in [1.54, 1.807) is 7.05 Å². The van der Waals surface area contributed by atoms with Crippen LogP contribution in [0.4, 0.5) is 0 Å². The molecule has 1 aliphatic rings. The number of esters is 1. The van der Waals surface area contributed by atoms with E-state index in [0.29, 0.717) is 12.5 Å². The topological polar surface area (TPSA) is 49.9 Å². The van der Waals surface area contributed by atoms with E-state index in [4.69, 9.17) is 0 Å². The molecule has 1 aliphatic heterocycles. The van der Waals surface area contributed by atoms with Crippen LogP contribution in [0.3, 0.4) is 0 Å². The number of amides is 1. The molecule has 92 valence electrons. The van der Waals surface area contributed by atoms with Crippen LogP contribution in [0.15, 0.2) is 0 Å². The highest BCUT2D eigenvalue weighted by molar-refractivity contribution is 6.32. The third-order valence-electron chi connectivity index (χ3n) is 3.08. The van der Waals surface area contributed by atoms with Gasteiger partial charge in [-0.15, -0.1) is 0 Å². The molecule has 1 heterocycles. The van der Waals surface area contributed by atoms with Crippen LogP contribution in [-0.4, -0.2) is 62.5 Å². The van der Waals surface area contributed by atoms with E-state index >= 15 is 0 Å². The van der Waals surface area contributed by atoms with Crippen molar-refractivity contribution in [2.75, 3.05) is 40.8 Å². The van der Waals surface area contributed by atoms with Gasteiger partial charge in [-0.1, -0.05) is 0 Å². The molecule has 0 aliphatic carbocycles. The summed E-state index contributed by atoms with van der Waals surface area (Å²) in [7, 11) is 4.97. The molecule has 0 aromatic heterocycles. The highest BCUT2D eigenvalue weighted by Gasteiger charge is 2.24. The number of piperidine rings is 1. The van der Waals surface area contributed by atoms with Crippen LogP contribution < -0.4 is 0 Å². The van der Waals surface area contributed by atoms with Crippen LogP contribution >= 0.6 is 0 Å². The largest absolute Gasteiger partial charge is 0.462 e. The third-order valence-corrected chi connectivity index (χ3v) is 3.08. The van der Waals surface area contributed by atoms with E-state index in [1.807, 2.05) is 0 Å². The highest BCUT2D eigenvalue weighted by atomic mass is 16.5. The summed E-state index contributed by atoms with van der Waals surface area (Å²) >= 11 is 0. The predicted molar refractivity (Wildman–Crippen MR) is 59.9 cm³/mol. The number of ether oxygens (including phenoxy) is 1. The van der Waals surface area contributed by atoms with E-state index in [1.165, 1.54) is 12.0 Å². The number of rotatable bonds is 2. The first kappa shape index (κ1) is 13.0. The molecule has 0 aromatic carbocycles. The fraction of sp³-hybridized carbons (Fsp3) is 0.818. The van der Waals surface area contributed by atoms with Gasteiger partial charge >= 0.3 is 11.9 Å². The van der Waals surface area contributed by atoms with Crippen molar-refractivity contribution < 1.29 is 14.3 Å². The lowest BCUT2D eigenvalue weighted by Crippen LogP contribution is -2.40. The molecule has 0 unspecified atom stereocenters. The van der Waals surface area contributed by atoms with Crippen LogP contribution in [0, 0.1) is 5.92 Å². The SMILES string of the molecule is COC(=O)C(=O)N(C)CC1CCN(C)CC1. The van der Waals surface area contributed by atoms with Crippen LogP contribution in [0.5, 0.6) is 0 Å². The zero-order valence-electron chi connectivity index (χ0n) is 10.2. The average Bonchev–Trinajstić information content (AvgIpc) is 2.30. The summed E-state index contributed by atoms with van der Waals surface area (Å²) in [6.45, 7) is 2.76. The number of likely N-dealkylation sites (tertiary alicyclic amines) is 1. The maximum Gasteiger partial charge on any atom is 0.396 e. The fourth-order valence-corrected chi connectivity index (χ4v) is 1.96. The predicted octanol–water partition coefficient (Wildman–Crippen LogP) is -0.0404. The molecule has 0 saturated carbocycles. The zero-order chi connectivity index (χ0) is 12.1. The minimum absolute atomic E-state index is 0.495. The van der Waals surface area contributed by atoms with E-state index in [-0.39, 0.29) is 0 Å². The molecule has 0 N–H and O–H groups in total. The Labute approximate surface area is 96.3 Å². The van der Waals surface area contributed by atoms with Crippen molar-refractivity contribution in [2.45, 2.75) is 12.8 Å². The minimum atomic E-state index is -0.782. The van der Waals surface area contributed by atoms with Crippen LogP contribution in [0.25, 0.3) is 0 Å². The lowest BCUT2D eigenvalue weighted by Gasteiger charge is -2.31. The number of nitrogens with zero attached hydrogens (tertiary/aromatic N) is 2. The summed E-state index contributed by atoms with van der Waals surface area (Å²) in [5.74, 6) is -0.841. The number of likely N-dealkylation sites (N-methyl/N-ethyl adjacent to an activating group) is 1. The molecular formula is C11H20N2O3. The molecule has 0 spiro atoms. The molecule has 1 saturated heterocycles. The standard InChI is InChI=1S/C11H20N2O3/c1-12-6-4-9(5-7-12)8-13(2)10(14)11(15)16-3/h9H,4-8H2,1-3H3. The zero-order valence-corrected chi connectivity index (χ0v) is 10.2. The molecule has 16 heavy (non-hydrogen) atoms. The van der Waals surface area contributed by atoms with Gasteiger partial charge in [0, 0.05) is 13.6 Å². The van der Waals surface area contributed by atoms with Gasteiger partial charge in [-0.05, 0) is 38.9 Å². The van der Waals surface area contributed by atoms with E-state index in [9.17, 15) is 9.59 Å². The minimum Gasteiger partial charge on any atom is -0.462 e. The van der Waals surface area contributed by atoms with Gasteiger partial charge < -0.3 is 14.5 Å². The second kappa shape index (κ2) is 5.84. The maximum absolute atomic E-state index is 11.5. The summed E-state index contributed by atoms with van der Waals surface area (Å²) in [6.07, 6.45) is 2.16. The third kappa shape index (κ3) is 3.48. The number of carbonyl (C=O) groups is 2. The summed E-state index contributed by atoms with van der Waals surface area (Å²) in [6, 6.07) is 0. The van der Waals surface area contributed by atoms with Gasteiger partial charge in [0.05, 0.1) is 7.11 Å². The van der Waals surface area contributed by atoms with Gasteiger partial charge in [-0.3, -0.25) is 4.79 Å². The van der Waals surface area contributed by atoms with Crippen LogP contribution in [0.1, 0.15) is 12.8 Å². The van der Waals surface area contributed by atoms with E-state index < -0.39 is 11.9 Å². The van der Waals surface area contributed by atoms with Crippen molar-refractivity contribution in [2.24, 2.45) is 5.92 Å². The highest BCUT2D eigenvalue weighted by Crippen LogP contribution is 2.16. The van der Waals surface area contributed by atoms with Crippen molar-refractivity contribution >= 4 is 11.9 Å². The van der Waals surface area contributed by atoms with Gasteiger partial charge in [0.1, 0.15) is 0 Å². The first-order chi connectivity index (χ1) is 7.54. The average molecular weight is 228 g/mol. The van der Waals surface area contributed by atoms with Crippen LogP contribution in [-0.2, 0) is 14.3 Å². The lowest BCUT2D eigenvalue weighted by atomic mass is 9.97. The Kier molecular flexibility index (Phi) is 4.73. The van der Waals surface area contributed by atoms with Gasteiger partial charge in [0.15, 0.2) is 0 Å². The molecule has 5 nitrogen and oxygen atoms in total. The molecule has 0 radical (unpaired) electrons. The van der Waals surface area contributed by atoms with Gasteiger partial charge in [0.2, 0.25) is 0 Å². The normalized spacial score (nSPS) is 18.2. The Hall–Kier alpha value is -1.10. The maximum atomic E-state index is 11.5. The van der Waals surface area contributed by atoms with Crippen molar-refractivity contribution in [3.8, 4) is 0 Å². The van der Waals surface area contributed by atoms with Gasteiger partial charge in [-0.2, -0.15) is 0 Å². The first-order valence-electron chi connectivity index (χ1n) is 5.56. The molecule has 5 heteroatoms. The van der Waals surface area contributed by atoms with E-state index in [0.717, 1.165) is 25.9 Å². The second-order valence-electron chi connectivity index (χ2n) is 4.42. The second-order valence-corrected chi connectivity index (χ2v) is 4.42. The van der Waals surface area contributed by atoms with E-state index in [2.05, 4.69) is 16.7 Å². The number of carbonyl (C=O) groups excluding carboxylic acids is 2. The first-order valence-corrected chi connectivity index (χ1v) is 5.56. The molecular weight excluding hydrogens is 208 g/mol. The quantitative estimate of drug-likeness (QED) is 0.491. The van der Waals surface area contributed by atoms with Gasteiger partial charge in [0.25, 0.3) is 0 Å². The summed E-state index contributed by atoms with van der Waals surface area (Å²) in [4.78, 5) is 26.2. The van der Waals surface area contributed by atoms with Crippen molar-refractivity contribution in [3.05, 3.63) is 0 Å². The van der Waals surface area contributed by atoms with Crippen molar-refractivity contribution in [3.63, 3.8) is 0 Å². The fourth-order valence-electron chi connectivity index (χ4n) is 1.96. The number of hydrogen-bond acceptors (Lipinski definition) is 4. The monoisotopic (exact) mass is 228 g/mol. The van der Waals surface area contributed by atoms with Gasteiger partial charge in [-0.25, -0.2) is 4.79 Å². The van der Waals surface area contributed by atoms with Crippen molar-refractivity contribution in [1.29, 1.82) is 0 Å². The van der Waals surface area contributed by atoms with Crippen LogP contribution in [0.2, 0.25) is 0 Å². The molecule has 1 rings (SSSR count). The Balaban J connectivity index is 2.36. The molecule has 1 fully saturated rings. The molecule has 0 atom stereocenters. The Morgan fingerprint density at radius 3 is 2.44 bits per heavy atom. The Bertz CT molecular complexity index is 260. The molecule has 0 aromatic rings. The molecule has 1 amide bonds. The summed E-state index contributed by atoms with van der Waals surface area (Å²) in [5.41, 5.74) is 0. The number of hydrogen-bond donors (Lipinski definition) is 0. The lowest BCUT2D eigenvalue weighted by molar-refractivity contribution is -0.157.